The van der Waals surface area contributed by atoms with E-state index in [1.165, 1.54) is 18.2 Å². The van der Waals surface area contributed by atoms with E-state index in [1.54, 1.807) is 0 Å². The Balaban J connectivity index is 2.81. The number of nitrogens with one attached hydrogen (secondary N) is 1. The molecule has 1 rings (SSSR count). The highest BCUT2D eigenvalue weighted by Crippen LogP contribution is 2.21. The minimum absolute atomic E-state index is 0.0585. The van der Waals surface area contributed by atoms with Gasteiger partial charge in [0.15, 0.2) is 0 Å². The van der Waals surface area contributed by atoms with Crippen molar-refractivity contribution in [3.05, 3.63) is 23.8 Å². The van der Waals surface area contributed by atoms with Crippen LogP contribution in [-0.4, -0.2) is 29.3 Å². The van der Waals surface area contributed by atoms with Crippen LogP contribution in [0.2, 0.25) is 0 Å². The van der Waals surface area contributed by atoms with Gasteiger partial charge >= 0.3 is 5.97 Å². The van der Waals surface area contributed by atoms with Gasteiger partial charge in [-0.05, 0) is 31.2 Å². The first-order valence-corrected chi connectivity index (χ1v) is 4.65. The second-order valence-corrected chi connectivity index (χ2v) is 3.10. The van der Waals surface area contributed by atoms with Gasteiger partial charge in [0.2, 0.25) is 0 Å². The highest BCUT2D eigenvalue weighted by molar-refractivity contribution is 5.94. The van der Waals surface area contributed by atoms with Gasteiger partial charge in [-0.2, -0.15) is 0 Å². The summed E-state index contributed by atoms with van der Waals surface area (Å²) in [4.78, 5) is 10.8. The summed E-state index contributed by atoms with van der Waals surface area (Å²) in [6.45, 7) is 1.16. The quantitative estimate of drug-likeness (QED) is 0.427. The second-order valence-electron chi connectivity index (χ2n) is 3.10. The number of carboxylic acid groups (broad SMARTS) is 1. The van der Waals surface area contributed by atoms with Gasteiger partial charge in [-0.1, -0.05) is 0 Å². The van der Waals surface area contributed by atoms with Gasteiger partial charge in [-0.3, -0.25) is 0 Å². The number of hydrogen-bond acceptors (Lipinski definition) is 4. The summed E-state index contributed by atoms with van der Waals surface area (Å²) in [6, 6.07) is 4.19. The summed E-state index contributed by atoms with van der Waals surface area (Å²) in [5, 5.41) is 21.0. The van der Waals surface area contributed by atoms with E-state index in [1.807, 2.05) is 0 Å². The van der Waals surface area contributed by atoms with E-state index in [0.717, 1.165) is 6.42 Å². The van der Waals surface area contributed by atoms with Crippen molar-refractivity contribution in [1.29, 1.82) is 0 Å². The van der Waals surface area contributed by atoms with Crippen molar-refractivity contribution in [2.24, 2.45) is 5.73 Å². The van der Waals surface area contributed by atoms with Gasteiger partial charge in [-0.25, -0.2) is 4.79 Å². The Morgan fingerprint density at radius 3 is 2.80 bits per heavy atom. The van der Waals surface area contributed by atoms with Gasteiger partial charge in [0, 0.05) is 12.2 Å². The van der Waals surface area contributed by atoms with Crippen molar-refractivity contribution in [2.45, 2.75) is 6.42 Å². The lowest BCUT2D eigenvalue weighted by Crippen LogP contribution is -2.11. The molecule has 0 atom stereocenters. The van der Waals surface area contributed by atoms with E-state index in [-0.39, 0.29) is 11.3 Å². The van der Waals surface area contributed by atoms with Crippen LogP contribution in [-0.2, 0) is 0 Å². The van der Waals surface area contributed by atoms with Crippen LogP contribution in [0.25, 0.3) is 0 Å². The number of rotatable bonds is 5. The molecule has 15 heavy (non-hydrogen) atoms. The second kappa shape index (κ2) is 5.21. The molecule has 5 N–H and O–H groups in total. The molecule has 0 radical (unpaired) electrons. The molecule has 0 bridgehead atoms. The Morgan fingerprint density at radius 2 is 2.20 bits per heavy atom. The average molecular weight is 210 g/mol. The standard InChI is InChI=1S/C10H14N2O3/c11-4-1-5-12-9-3-2-7(13)6-8(9)10(14)15/h2-3,6,12-13H,1,4-5,11H2,(H,14,15). The molecule has 0 aliphatic carbocycles. The number of aromatic hydroxyl groups is 1. The maximum absolute atomic E-state index is 10.8. The minimum Gasteiger partial charge on any atom is -0.508 e. The number of phenolic OH excluding ortho intramolecular Hbond substituents is 1. The van der Waals surface area contributed by atoms with E-state index < -0.39 is 5.97 Å². The van der Waals surface area contributed by atoms with Crippen LogP contribution in [0.1, 0.15) is 16.8 Å². The van der Waals surface area contributed by atoms with Gasteiger partial charge in [-0.15, -0.1) is 0 Å². The summed E-state index contributed by atoms with van der Waals surface area (Å²) in [5.41, 5.74) is 5.87. The average Bonchev–Trinajstić information content (AvgIpc) is 2.20. The highest BCUT2D eigenvalue weighted by Gasteiger charge is 2.10. The predicted molar refractivity (Wildman–Crippen MR) is 57.2 cm³/mol. The van der Waals surface area contributed by atoms with Crippen LogP contribution in [0, 0.1) is 0 Å². The summed E-state index contributed by atoms with van der Waals surface area (Å²) in [6.07, 6.45) is 0.764. The predicted octanol–water partition coefficient (Wildman–Crippen LogP) is 0.851. The first-order chi connectivity index (χ1) is 7.15. The zero-order valence-corrected chi connectivity index (χ0v) is 8.23. The van der Waals surface area contributed by atoms with Crippen molar-refractivity contribution in [1.82, 2.24) is 0 Å². The third-order valence-electron chi connectivity index (χ3n) is 1.93. The number of hydrogen-bond donors (Lipinski definition) is 4. The van der Waals surface area contributed by atoms with Crippen molar-refractivity contribution >= 4 is 11.7 Å². The van der Waals surface area contributed by atoms with Crippen LogP contribution in [0.3, 0.4) is 0 Å². The molecule has 0 unspecified atom stereocenters. The van der Waals surface area contributed by atoms with Crippen molar-refractivity contribution in [3.8, 4) is 5.75 Å². The number of nitrogens with two attached hydrogens (primary N) is 1. The molecule has 1 aromatic carbocycles. The van der Waals surface area contributed by atoms with Crippen molar-refractivity contribution in [2.75, 3.05) is 18.4 Å². The number of anilines is 1. The fourth-order valence-corrected chi connectivity index (χ4v) is 1.19. The topological polar surface area (TPSA) is 95.6 Å². The monoisotopic (exact) mass is 210 g/mol. The van der Waals surface area contributed by atoms with E-state index in [2.05, 4.69) is 5.32 Å². The molecule has 0 heterocycles. The third-order valence-corrected chi connectivity index (χ3v) is 1.93. The van der Waals surface area contributed by atoms with E-state index in [0.29, 0.717) is 18.8 Å². The normalized spacial score (nSPS) is 9.93. The molecule has 0 aliphatic rings. The summed E-state index contributed by atoms with van der Waals surface area (Å²) in [7, 11) is 0. The zero-order chi connectivity index (χ0) is 11.3. The lowest BCUT2D eigenvalue weighted by atomic mass is 10.1. The molecule has 1 aromatic rings. The molecule has 0 fully saturated rings. The van der Waals surface area contributed by atoms with Crippen LogP contribution < -0.4 is 11.1 Å². The van der Waals surface area contributed by atoms with E-state index in [9.17, 15) is 4.79 Å². The first-order valence-electron chi connectivity index (χ1n) is 4.65. The number of carbonyl (C=O) groups is 1. The molecule has 5 heteroatoms. The fraction of sp³-hybridized carbons (Fsp3) is 0.300. The number of carboxylic acids is 1. The Kier molecular flexibility index (Phi) is 3.93. The van der Waals surface area contributed by atoms with Crippen LogP contribution >= 0.6 is 0 Å². The third kappa shape index (κ3) is 3.14. The smallest absolute Gasteiger partial charge is 0.337 e. The van der Waals surface area contributed by atoms with Crippen LogP contribution in [0.5, 0.6) is 5.75 Å². The molecule has 0 saturated carbocycles. The molecule has 0 aromatic heterocycles. The first kappa shape index (κ1) is 11.3. The van der Waals surface area contributed by atoms with Gasteiger partial charge < -0.3 is 21.3 Å². The van der Waals surface area contributed by atoms with E-state index in [4.69, 9.17) is 15.9 Å². The zero-order valence-electron chi connectivity index (χ0n) is 8.23. The summed E-state index contributed by atoms with van der Waals surface area (Å²) < 4.78 is 0. The Morgan fingerprint density at radius 1 is 1.47 bits per heavy atom. The maximum Gasteiger partial charge on any atom is 0.337 e. The number of phenols is 1. The summed E-state index contributed by atoms with van der Waals surface area (Å²) in [5.74, 6) is -1.13. The fourth-order valence-electron chi connectivity index (χ4n) is 1.19. The number of benzene rings is 1. The molecular formula is C10H14N2O3. The van der Waals surface area contributed by atoms with Crippen molar-refractivity contribution < 1.29 is 15.0 Å². The maximum atomic E-state index is 10.8. The molecule has 82 valence electrons. The summed E-state index contributed by atoms with van der Waals surface area (Å²) >= 11 is 0. The lowest BCUT2D eigenvalue weighted by Gasteiger charge is -2.09. The molecule has 0 spiro atoms. The Bertz CT molecular complexity index is 353. The molecular weight excluding hydrogens is 196 g/mol. The Hall–Kier alpha value is -1.75. The molecule has 0 aliphatic heterocycles. The molecule has 0 amide bonds. The highest BCUT2D eigenvalue weighted by atomic mass is 16.4. The van der Waals surface area contributed by atoms with Crippen molar-refractivity contribution in [3.63, 3.8) is 0 Å². The Labute approximate surface area is 87.5 Å². The van der Waals surface area contributed by atoms with Gasteiger partial charge in [0.1, 0.15) is 5.75 Å². The molecule has 5 nitrogen and oxygen atoms in total. The lowest BCUT2D eigenvalue weighted by molar-refractivity contribution is 0.0697. The minimum atomic E-state index is -1.07. The van der Waals surface area contributed by atoms with Crippen LogP contribution in [0.15, 0.2) is 18.2 Å². The van der Waals surface area contributed by atoms with Gasteiger partial charge in [0.05, 0.1) is 5.56 Å². The largest absolute Gasteiger partial charge is 0.508 e. The van der Waals surface area contributed by atoms with E-state index >= 15 is 0 Å². The van der Waals surface area contributed by atoms with Gasteiger partial charge in [0.25, 0.3) is 0 Å². The SMILES string of the molecule is NCCCNc1ccc(O)cc1C(=O)O. The van der Waals surface area contributed by atoms with Crippen LogP contribution in [0.4, 0.5) is 5.69 Å². The number of aromatic carboxylic acids is 1. The molecule has 0 saturated heterocycles.